The monoisotopic (exact) mass is 283 g/mol. The van der Waals surface area contributed by atoms with Crippen LogP contribution in [0.3, 0.4) is 0 Å². The van der Waals surface area contributed by atoms with E-state index in [1.807, 2.05) is 6.92 Å². The Labute approximate surface area is 105 Å². The fourth-order valence-electron chi connectivity index (χ4n) is 2.28. The van der Waals surface area contributed by atoms with Gasteiger partial charge >= 0.3 is 0 Å². The quantitative estimate of drug-likeness (QED) is 0.874. The minimum Gasteiger partial charge on any atom is -0.506 e. The fourth-order valence-corrected chi connectivity index (χ4v) is 2.85. The van der Waals surface area contributed by atoms with Crippen molar-refractivity contribution in [2.45, 2.75) is 39.2 Å². The summed E-state index contributed by atoms with van der Waals surface area (Å²) in [6.07, 6.45) is 3.38. The Kier molecular flexibility index (Phi) is 3.55. The van der Waals surface area contributed by atoms with Crippen molar-refractivity contribution in [3.8, 4) is 5.75 Å². The zero-order valence-electron chi connectivity index (χ0n) is 9.81. The standard InChI is InChI=1S/C13H18BrNO/c1-8-6-10(7-11-4-3-5-15-11)13(16)12(14)9(8)2/h6,11,15-16H,3-5,7H2,1-2H3. The van der Waals surface area contributed by atoms with Crippen molar-refractivity contribution < 1.29 is 5.11 Å². The van der Waals surface area contributed by atoms with Crippen molar-refractivity contribution in [2.24, 2.45) is 0 Å². The number of benzene rings is 1. The van der Waals surface area contributed by atoms with Gasteiger partial charge in [0.25, 0.3) is 0 Å². The first kappa shape index (κ1) is 11.9. The highest BCUT2D eigenvalue weighted by Gasteiger charge is 2.18. The number of phenolic OH excluding ortho intramolecular Hbond substituents is 1. The molecule has 1 saturated heterocycles. The van der Waals surface area contributed by atoms with E-state index in [0.29, 0.717) is 11.8 Å². The molecule has 0 radical (unpaired) electrons. The first-order chi connectivity index (χ1) is 7.59. The lowest BCUT2D eigenvalue weighted by molar-refractivity contribution is 0.458. The van der Waals surface area contributed by atoms with Gasteiger partial charge < -0.3 is 10.4 Å². The molecule has 16 heavy (non-hydrogen) atoms. The highest BCUT2D eigenvalue weighted by Crippen LogP contribution is 2.34. The average molecular weight is 284 g/mol. The summed E-state index contributed by atoms with van der Waals surface area (Å²) < 4.78 is 0.848. The molecule has 1 aliphatic heterocycles. The summed E-state index contributed by atoms with van der Waals surface area (Å²) in [4.78, 5) is 0. The first-order valence-electron chi connectivity index (χ1n) is 5.80. The van der Waals surface area contributed by atoms with Gasteiger partial charge in [-0.05, 0) is 72.3 Å². The molecule has 0 aliphatic carbocycles. The van der Waals surface area contributed by atoms with Gasteiger partial charge in [0.2, 0.25) is 0 Å². The van der Waals surface area contributed by atoms with Gasteiger partial charge in [0, 0.05) is 6.04 Å². The van der Waals surface area contributed by atoms with Gasteiger partial charge in [-0.2, -0.15) is 0 Å². The molecule has 1 aliphatic rings. The molecule has 2 rings (SSSR count). The smallest absolute Gasteiger partial charge is 0.133 e. The van der Waals surface area contributed by atoms with Crippen LogP contribution in [0.25, 0.3) is 0 Å². The Balaban J connectivity index is 2.26. The van der Waals surface area contributed by atoms with Gasteiger partial charge in [-0.15, -0.1) is 0 Å². The lowest BCUT2D eigenvalue weighted by atomic mass is 9.99. The number of phenols is 1. The molecule has 1 unspecified atom stereocenters. The van der Waals surface area contributed by atoms with E-state index in [0.717, 1.165) is 28.6 Å². The van der Waals surface area contributed by atoms with Crippen LogP contribution >= 0.6 is 15.9 Å². The van der Waals surface area contributed by atoms with Gasteiger partial charge in [0.1, 0.15) is 5.75 Å². The molecule has 0 spiro atoms. The number of aromatic hydroxyl groups is 1. The second kappa shape index (κ2) is 4.76. The number of nitrogens with one attached hydrogen (secondary N) is 1. The van der Waals surface area contributed by atoms with Crippen LogP contribution in [-0.4, -0.2) is 17.7 Å². The van der Waals surface area contributed by atoms with Crippen molar-refractivity contribution >= 4 is 15.9 Å². The van der Waals surface area contributed by atoms with Crippen LogP contribution in [0.5, 0.6) is 5.75 Å². The van der Waals surface area contributed by atoms with Crippen LogP contribution in [0, 0.1) is 13.8 Å². The van der Waals surface area contributed by atoms with Crippen LogP contribution in [0.4, 0.5) is 0 Å². The second-order valence-corrected chi connectivity index (χ2v) is 5.43. The lowest BCUT2D eigenvalue weighted by Gasteiger charge is -2.15. The van der Waals surface area contributed by atoms with Gasteiger partial charge in [-0.3, -0.25) is 0 Å². The topological polar surface area (TPSA) is 32.3 Å². The summed E-state index contributed by atoms with van der Waals surface area (Å²) in [6.45, 7) is 5.22. The summed E-state index contributed by atoms with van der Waals surface area (Å²) in [6, 6.07) is 2.63. The third kappa shape index (κ3) is 2.25. The van der Waals surface area contributed by atoms with E-state index in [1.54, 1.807) is 0 Å². The summed E-state index contributed by atoms with van der Waals surface area (Å²) >= 11 is 3.46. The van der Waals surface area contributed by atoms with E-state index >= 15 is 0 Å². The maximum absolute atomic E-state index is 10.1. The zero-order valence-corrected chi connectivity index (χ0v) is 11.4. The molecule has 1 heterocycles. The Hall–Kier alpha value is -0.540. The molecule has 0 amide bonds. The van der Waals surface area contributed by atoms with E-state index in [9.17, 15) is 5.11 Å². The maximum atomic E-state index is 10.1. The fraction of sp³-hybridized carbons (Fsp3) is 0.538. The van der Waals surface area contributed by atoms with Crippen molar-refractivity contribution in [1.82, 2.24) is 5.32 Å². The Morgan fingerprint density at radius 2 is 2.25 bits per heavy atom. The highest BCUT2D eigenvalue weighted by atomic mass is 79.9. The summed E-state index contributed by atoms with van der Waals surface area (Å²) in [5, 5.41) is 13.5. The summed E-state index contributed by atoms with van der Waals surface area (Å²) in [5.74, 6) is 0.414. The predicted octanol–water partition coefficient (Wildman–Crippen LogP) is 3.07. The molecule has 1 aromatic rings. The van der Waals surface area contributed by atoms with Crippen molar-refractivity contribution in [3.63, 3.8) is 0 Å². The van der Waals surface area contributed by atoms with Gasteiger partial charge in [-0.25, -0.2) is 0 Å². The van der Waals surface area contributed by atoms with E-state index in [1.165, 1.54) is 18.4 Å². The third-order valence-corrected chi connectivity index (χ3v) is 4.42. The SMILES string of the molecule is Cc1cc(CC2CCCN2)c(O)c(Br)c1C. The van der Waals surface area contributed by atoms with E-state index in [2.05, 4.69) is 34.2 Å². The molecule has 1 aromatic carbocycles. The number of hydrogen-bond donors (Lipinski definition) is 2. The maximum Gasteiger partial charge on any atom is 0.133 e. The highest BCUT2D eigenvalue weighted by molar-refractivity contribution is 9.10. The molecule has 88 valence electrons. The normalized spacial score (nSPS) is 20.3. The van der Waals surface area contributed by atoms with Crippen molar-refractivity contribution in [2.75, 3.05) is 6.54 Å². The largest absolute Gasteiger partial charge is 0.506 e. The molecule has 1 fully saturated rings. The molecule has 2 N–H and O–H groups in total. The van der Waals surface area contributed by atoms with Crippen molar-refractivity contribution in [3.05, 3.63) is 27.2 Å². The zero-order chi connectivity index (χ0) is 11.7. The van der Waals surface area contributed by atoms with E-state index in [-0.39, 0.29) is 0 Å². The summed E-state index contributed by atoms with van der Waals surface area (Å²) in [7, 11) is 0. The average Bonchev–Trinajstić information content (AvgIpc) is 2.76. The Bertz CT molecular complexity index is 397. The van der Waals surface area contributed by atoms with Crippen LogP contribution in [-0.2, 0) is 6.42 Å². The van der Waals surface area contributed by atoms with Crippen LogP contribution in [0.2, 0.25) is 0 Å². The number of hydrogen-bond acceptors (Lipinski definition) is 2. The molecular weight excluding hydrogens is 266 g/mol. The molecule has 0 bridgehead atoms. The summed E-state index contributed by atoms with van der Waals surface area (Å²) in [5.41, 5.74) is 3.41. The van der Waals surface area contributed by atoms with Crippen molar-refractivity contribution in [1.29, 1.82) is 0 Å². The van der Waals surface area contributed by atoms with Crippen LogP contribution in [0.15, 0.2) is 10.5 Å². The van der Waals surface area contributed by atoms with Gasteiger partial charge in [0.05, 0.1) is 4.47 Å². The van der Waals surface area contributed by atoms with Gasteiger partial charge in [-0.1, -0.05) is 6.07 Å². The number of halogens is 1. The van der Waals surface area contributed by atoms with E-state index in [4.69, 9.17) is 0 Å². The minimum absolute atomic E-state index is 0.414. The van der Waals surface area contributed by atoms with Gasteiger partial charge in [0.15, 0.2) is 0 Å². The second-order valence-electron chi connectivity index (χ2n) is 4.64. The van der Waals surface area contributed by atoms with Crippen LogP contribution < -0.4 is 5.32 Å². The first-order valence-corrected chi connectivity index (χ1v) is 6.60. The number of rotatable bonds is 2. The van der Waals surface area contributed by atoms with Crippen LogP contribution in [0.1, 0.15) is 29.5 Å². The Morgan fingerprint density at radius 3 is 2.88 bits per heavy atom. The molecule has 0 saturated carbocycles. The minimum atomic E-state index is 0.414. The molecule has 0 aromatic heterocycles. The number of aryl methyl sites for hydroxylation is 1. The molecule has 1 atom stereocenters. The molecule has 3 heteroatoms. The molecule has 2 nitrogen and oxygen atoms in total. The third-order valence-electron chi connectivity index (χ3n) is 3.45. The molecular formula is C13H18BrNO. The predicted molar refractivity (Wildman–Crippen MR) is 70.0 cm³/mol. The Morgan fingerprint density at radius 1 is 1.50 bits per heavy atom. The lowest BCUT2D eigenvalue weighted by Crippen LogP contribution is -2.23. The van der Waals surface area contributed by atoms with E-state index < -0.39 is 0 Å².